The number of halogens is 3. The van der Waals surface area contributed by atoms with Crippen LogP contribution in [-0.4, -0.2) is 51.7 Å². The van der Waals surface area contributed by atoms with Crippen molar-refractivity contribution in [1.82, 2.24) is 14.9 Å². The van der Waals surface area contributed by atoms with Crippen LogP contribution < -0.4 is 4.90 Å². The van der Waals surface area contributed by atoms with Gasteiger partial charge in [0, 0.05) is 13.1 Å². The fourth-order valence-corrected chi connectivity index (χ4v) is 3.12. The molecule has 2 aliphatic rings. The fourth-order valence-electron chi connectivity index (χ4n) is 3.12. The molecule has 2 atom stereocenters. The summed E-state index contributed by atoms with van der Waals surface area (Å²) in [7, 11) is 0. The van der Waals surface area contributed by atoms with Crippen molar-refractivity contribution in [2.75, 3.05) is 18.0 Å². The lowest BCUT2D eigenvalue weighted by Crippen LogP contribution is -2.50. The van der Waals surface area contributed by atoms with Crippen LogP contribution in [0.2, 0.25) is 0 Å². The summed E-state index contributed by atoms with van der Waals surface area (Å²) < 4.78 is 43.7. The van der Waals surface area contributed by atoms with Crippen molar-refractivity contribution in [1.29, 1.82) is 0 Å². The second-order valence-electron chi connectivity index (χ2n) is 7.09. The first-order valence-electron chi connectivity index (χ1n) is 7.70. The molecule has 2 saturated heterocycles. The minimum Gasteiger partial charge on any atom is -0.444 e. The SMILES string of the molecule is CC(C)(C)OC(=O)N1CC2CC1CN2c1cncc(C(F)(F)F)n1. The van der Waals surface area contributed by atoms with Gasteiger partial charge < -0.3 is 14.5 Å². The lowest BCUT2D eigenvalue weighted by molar-refractivity contribution is -0.141. The molecule has 3 rings (SSSR count). The van der Waals surface area contributed by atoms with Gasteiger partial charge in [-0.25, -0.2) is 9.78 Å². The van der Waals surface area contributed by atoms with E-state index in [0.717, 1.165) is 0 Å². The summed E-state index contributed by atoms with van der Waals surface area (Å²) in [6, 6.07) is -0.151. The second kappa shape index (κ2) is 5.49. The average Bonchev–Trinajstić information content (AvgIpc) is 3.04. The summed E-state index contributed by atoms with van der Waals surface area (Å²) in [5, 5.41) is 0. The third kappa shape index (κ3) is 3.25. The van der Waals surface area contributed by atoms with Gasteiger partial charge in [0.1, 0.15) is 11.4 Å². The fraction of sp³-hybridized carbons (Fsp3) is 0.667. The quantitative estimate of drug-likeness (QED) is 0.784. The topological polar surface area (TPSA) is 58.6 Å². The van der Waals surface area contributed by atoms with Crippen LogP contribution in [0.25, 0.3) is 0 Å². The molecule has 1 aromatic rings. The zero-order valence-corrected chi connectivity index (χ0v) is 13.7. The molecule has 2 unspecified atom stereocenters. The molecule has 1 aromatic heterocycles. The summed E-state index contributed by atoms with van der Waals surface area (Å²) >= 11 is 0. The Balaban J connectivity index is 1.71. The van der Waals surface area contributed by atoms with E-state index in [1.165, 1.54) is 6.20 Å². The van der Waals surface area contributed by atoms with E-state index in [-0.39, 0.29) is 24.0 Å². The number of carbonyl (C=O) groups excluding carboxylic acids is 1. The number of anilines is 1. The lowest BCUT2D eigenvalue weighted by Gasteiger charge is -2.35. The van der Waals surface area contributed by atoms with E-state index in [1.807, 2.05) is 0 Å². The van der Waals surface area contributed by atoms with E-state index < -0.39 is 17.5 Å². The Morgan fingerprint density at radius 1 is 1.21 bits per heavy atom. The first-order valence-corrected chi connectivity index (χ1v) is 7.70. The molecule has 132 valence electrons. The summed E-state index contributed by atoms with van der Waals surface area (Å²) in [6.07, 6.45) is -2.18. The Morgan fingerprint density at radius 2 is 1.92 bits per heavy atom. The number of hydrogen-bond donors (Lipinski definition) is 0. The number of amides is 1. The maximum Gasteiger partial charge on any atom is 0.434 e. The Labute approximate surface area is 137 Å². The molecular formula is C15H19F3N4O2. The average molecular weight is 344 g/mol. The number of aromatic nitrogens is 2. The number of likely N-dealkylation sites (tertiary alicyclic amines) is 1. The third-order valence-electron chi connectivity index (χ3n) is 4.08. The predicted octanol–water partition coefficient (Wildman–Crippen LogP) is 2.69. The zero-order valence-electron chi connectivity index (χ0n) is 13.7. The molecule has 0 aliphatic carbocycles. The number of fused-ring (bicyclic) bond motifs is 2. The Kier molecular flexibility index (Phi) is 3.84. The van der Waals surface area contributed by atoms with Gasteiger partial charge in [0.05, 0.1) is 24.5 Å². The number of carbonyl (C=O) groups is 1. The highest BCUT2D eigenvalue weighted by Crippen LogP contribution is 2.35. The molecule has 0 saturated carbocycles. The van der Waals surface area contributed by atoms with Crippen LogP contribution in [0.3, 0.4) is 0 Å². The summed E-state index contributed by atoms with van der Waals surface area (Å²) in [5.74, 6) is 0.196. The molecule has 6 nitrogen and oxygen atoms in total. The number of rotatable bonds is 1. The van der Waals surface area contributed by atoms with Gasteiger partial charge in [-0.05, 0) is 27.2 Å². The van der Waals surface area contributed by atoms with Crippen LogP contribution in [0.5, 0.6) is 0 Å². The lowest BCUT2D eigenvalue weighted by atomic mass is 10.2. The largest absolute Gasteiger partial charge is 0.444 e. The first kappa shape index (κ1) is 16.8. The summed E-state index contributed by atoms with van der Waals surface area (Å²) in [4.78, 5) is 23.0. The van der Waals surface area contributed by atoms with Crippen LogP contribution in [0.1, 0.15) is 32.9 Å². The Hall–Kier alpha value is -2.06. The monoisotopic (exact) mass is 344 g/mol. The van der Waals surface area contributed by atoms with E-state index in [4.69, 9.17) is 4.74 Å². The molecule has 0 N–H and O–H groups in total. The van der Waals surface area contributed by atoms with Crippen molar-refractivity contribution in [3.8, 4) is 0 Å². The van der Waals surface area contributed by atoms with Crippen LogP contribution in [0, 0.1) is 0 Å². The number of alkyl halides is 3. The molecule has 1 amide bonds. The van der Waals surface area contributed by atoms with Gasteiger partial charge in [-0.2, -0.15) is 13.2 Å². The maximum atomic E-state index is 12.8. The normalized spacial score (nSPS) is 23.8. The standard InChI is InChI=1S/C15H19F3N4O2/c1-14(2,3)24-13(23)22-8-9-4-10(22)7-21(9)12-6-19-5-11(20-12)15(16,17)18/h5-6,9-10H,4,7-8H2,1-3H3. The van der Waals surface area contributed by atoms with Crippen LogP contribution in [0.4, 0.5) is 23.8 Å². The maximum absolute atomic E-state index is 12.8. The van der Waals surface area contributed by atoms with E-state index in [1.54, 1.807) is 30.6 Å². The number of piperazine rings is 1. The van der Waals surface area contributed by atoms with Gasteiger partial charge >= 0.3 is 12.3 Å². The van der Waals surface area contributed by atoms with Gasteiger partial charge in [0.25, 0.3) is 0 Å². The first-order chi connectivity index (χ1) is 11.0. The van der Waals surface area contributed by atoms with Crippen LogP contribution in [0.15, 0.2) is 12.4 Å². The molecule has 2 aliphatic heterocycles. The molecule has 24 heavy (non-hydrogen) atoms. The van der Waals surface area contributed by atoms with Gasteiger partial charge in [-0.1, -0.05) is 0 Å². The zero-order chi connectivity index (χ0) is 17.7. The van der Waals surface area contributed by atoms with E-state index in [2.05, 4.69) is 9.97 Å². The summed E-state index contributed by atoms with van der Waals surface area (Å²) in [5.41, 5.74) is -1.59. The van der Waals surface area contributed by atoms with Gasteiger partial charge in [-0.3, -0.25) is 4.98 Å². The molecule has 0 aromatic carbocycles. The highest BCUT2D eigenvalue weighted by molar-refractivity contribution is 5.70. The van der Waals surface area contributed by atoms with Crippen molar-refractivity contribution >= 4 is 11.9 Å². The Bertz CT molecular complexity index is 644. The van der Waals surface area contributed by atoms with Crippen molar-refractivity contribution < 1.29 is 22.7 Å². The van der Waals surface area contributed by atoms with E-state index in [0.29, 0.717) is 25.7 Å². The second-order valence-corrected chi connectivity index (χ2v) is 7.09. The molecule has 0 spiro atoms. The highest BCUT2D eigenvalue weighted by Gasteiger charge is 2.47. The number of hydrogen-bond acceptors (Lipinski definition) is 5. The number of ether oxygens (including phenoxy) is 1. The van der Waals surface area contributed by atoms with Crippen LogP contribution >= 0.6 is 0 Å². The highest BCUT2D eigenvalue weighted by atomic mass is 19.4. The number of nitrogens with zero attached hydrogens (tertiary/aromatic N) is 4. The molecule has 2 bridgehead atoms. The minimum absolute atomic E-state index is 0.0692. The predicted molar refractivity (Wildman–Crippen MR) is 79.5 cm³/mol. The van der Waals surface area contributed by atoms with Gasteiger partial charge in [0.2, 0.25) is 0 Å². The van der Waals surface area contributed by atoms with Crippen LogP contribution in [-0.2, 0) is 10.9 Å². The minimum atomic E-state index is -4.52. The summed E-state index contributed by atoms with van der Waals surface area (Å²) in [6.45, 7) is 6.23. The van der Waals surface area contributed by atoms with Crippen molar-refractivity contribution in [2.45, 2.75) is 51.1 Å². The molecule has 0 radical (unpaired) electrons. The van der Waals surface area contributed by atoms with Gasteiger partial charge in [-0.15, -0.1) is 0 Å². The van der Waals surface area contributed by atoms with E-state index >= 15 is 0 Å². The molecule has 2 fully saturated rings. The van der Waals surface area contributed by atoms with Gasteiger partial charge in [0.15, 0.2) is 5.69 Å². The third-order valence-corrected chi connectivity index (χ3v) is 4.08. The van der Waals surface area contributed by atoms with Crippen molar-refractivity contribution in [3.63, 3.8) is 0 Å². The molecule has 3 heterocycles. The smallest absolute Gasteiger partial charge is 0.434 e. The van der Waals surface area contributed by atoms with E-state index in [9.17, 15) is 18.0 Å². The molecule has 9 heteroatoms. The Morgan fingerprint density at radius 3 is 2.46 bits per heavy atom. The van der Waals surface area contributed by atoms with Crippen molar-refractivity contribution in [3.05, 3.63) is 18.1 Å². The van der Waals surface area contributed by atoms with Crippen molar-refractivity contribution in [2.24, 2.45) is 0 Å². The molecular weight excluding hydrogens is 325 g/mol.